The Balaban J connectivity index is 1.54. The molecular formula is C17H20F3N3O4. The minimum atomic E-state index is -4.75. The largest absolute Gasteiger partial charge is 0.573 e. The van der Waals surface area contributed by atoms with Gasteiger partial charge >= 0.3 is 18.4 Å². The second-order valence-corrected chi connectivity index (χ2v) is 6.70. The molecule has 2 atom stereocenters. The number of nitrogens with zero attached hydrogens (tertiary/aromatic N) is 2. The minimum Gasteiger partial charge on any atom is -0.481 e. The molecular weight excluding hydrogens is 367 g/mol. The van der Waals surface area contributed by atoms with Crippen molar-refractivity contribution in [3.8, 4) is 5.75 Å². The fourth-order valence-corrected chi connectivity index (χ4v) is 3.40. The summed E-state index contributed by atoms with van der Waals surface area (Å²) in [4.78, 5) is 26.6. The maximum Gasteiger partial charge on any atom is 0.573 e. The lowest BCUT2D eigenvalue weighted by Crippen LogP contribution is -2.45. The maximum atomic E-state index is 12.4. The molecule has 7 nitrogen and oxygen atoms in total. The van der Waals surface area contributed by atoms with Gasteiger partial charge in [-0.15, -0.1) is 13.2 Å². The first kappa shape index (κ1) is 19.1. The van der Waals surface area contributed by atoms with Crippen molar-refractivity contribution in [1.82, 2.24) is 10.2 Å². The predicted octanol–water partition coefficient (Wildman–Crippen LogP) is 2.28. The number of ether oxygens (including phenoxy) is 1. The van der Waals surface area contributed by atoms with Crippen LogP contribution in [0, 0.1) is 5.92 Å². The van der Waals surface area contributed by atoms with Gasteiger partial charge in [0.15, 0.2) is 0 Å². The average Bonchev–Trinajstić information content (AvgIpc) is 3.23. The number of alkyl halides is 3. The van der Waals surface area contributed by atoms with Crippen molar-refractivity contribution in [1.29, 1.82) is 0 Å². The second-order valence-electron chi connectivity index (χ2n) is 6.70. The Morgan fingerprint density at radius 2 is 1.96 bits per heavy atom. The van der Waals surface area contributed by atoms with Gasteiger partial charge in [0, 0.05) is 44.0 Å². The molecule has 2 saturated heterocycles. The predicted molar refractivity (Wildman–Crippen MR) is 89.6 cm³/mol. The van der Waals surface area contributed by atoms with Crippen molar-refractivity contribution in [3.63, 3.8) is 0 Å². The summed E-state index contributed by atoms with van der Waals surface area (Å²) >= 11 is 0. The molecule has 2 amide bonds. The van der Waals surface area contributed by atoms with Gasteiger partial charge in [0.05, 0.1) is 5.92 Å². The summed E-state index contributed by atoms with van der Waals surface area (Å²) in [5.41, 5.74) is 0.584. The number of carboxylic acid groups (broad SMARTS) is 1. The smallest absolute Gasteiger partial charge is 0.481 e. The zero-order valence-electron chi connectivity index (χ0n) is 14.4. The molecule has 2 N–H and O–H groups in total. The van der Waals surface area contributed by atoms with Gasteiger partial charge in [0.2, 0.25) is 0 Å². The van der Waals surface area contributed by atoms with Crippen molar-refractivity contribution >= 4 is 17.7 Å². The van der Waals surface area contributed by atoms with Gasteiger partial charge in [0.1, 0.15) is 5.75 Å². The van der Waals surface area contributed by atoms with E-state index in [0.717, 1.165) is 0 Å². The van der Waals surface area contributed by atoms with E-state index in [-0.39, 0.29) is 24.4 Å². The number of carboxylic acids is 1. The molecule has 10 heteroatoms. The summed E-state index contributed by atoms with van der Waals surface area (Å²) in [5.74, 6) is -1.73. The molecule has 0 saturated carbocycles. The highest BCUT2D eigenvalue weighted by Gasteiger charge is 2.33. The van der Waals surface area contributed by atoms with Gasteiger partial charge in [0.25, 0.3) is 0 Å². The van der Waals surface area contributed by atoms with Crippen LogP contribution in [0.4, 0.5) is 23.7 Å². The average molecular weight is 387 g/mol. The lowest BCUT2D eigenvalue weighted by atomic mass is 10.1. The number of anilines is 1. The highest BCUT2D eigenvalue weighted by atomic mass is 19.4. The Morgan fingerprint density at radius 1 is 1.19 bits per heavy atom. The standard InChI is InChI=1S/C17H20F3N3O4/c18-17(19,20)27-14-3-1-2-13(8-14)22-7-5-12(10-22)21-16(26)23-6-4-11(9-23)15(24)25/h1-3,8,11-12H,4-7,9-10H2,(H,21,26)(H,24,25). The number of carbonyl (C=O) groups is 2. The number of halogens is 3. The van der Waals surface area contributed by atoms with E-state index in [4.69, 9.17) is 5.11 Å². The summed E-state index contributed by atoms with van der Waals surface area (Å²) in [6.07, 6.45) is -3.67. The lowest BCUT2D eigenvalue weighted by molar-refractivity contribution is -0.274. The Labute approximate surface area is 153 Å². The zero-order chi connectivity index (χ0) is 19.6. The Kier molecular flexibility index (Phi) is 5.33. The first-order chi connectivity index (χ1) is 12.7. The summed E-state index contributed by atoms with van der Waals surface area (Å²) in [6, 6.07) is 5.26. The van der Waals surface area contributed by atoms with Gasteiger partial charge in [-0.1, -0.05) is 6.07 Å². The maximum absolute atomic E-state index is 12.4. The number of carbonyl (C=O) groups excluding carboxylic acids is 1. The van der Waals surface area contributed by atoms with Crippen LogP contribution in [0.2, 0.25) is 0 Å². The highest BCUT2D eigenvalue weighted by Crippen LogP contribution is 2.28. The monoisotopic (exact) mass is 387 g/mol. The van der Waals surface area contributed by atoms with Crippen LogP contribution in [0.3, 0.4) is 0 Å². The fraction of sp³-hybridized carbons (Fsp3) is 0.529. The molecule has 2 unspecified atom stereocenters. The normalized spacial score (nSPS) is 22.8. The van der Waals surface area contributed by atoms with Crippen LogP contribution in [0.1, 0.15) is 12.8 Å². The summed E-state index contributed by atoms with van der Waals surface area (Å²) < 4.78 is 41.0. The Hall–Kier alpha value is -2.65. The van der Waals surface area contributed by atoms with E-state index >= 15 is 0 Å². The Bertz CT molecular complexity index is 713. The quantitative estimate of drug-likeness (QED) is 0.829. The molecule has 1 aromatic carbocycles. The third-order valence-electron chi connectivity index (χ3n) is 4.76. The number of aliphatic carboxylic acids is 1. The van der Waals surface area contributed by atoms with Crippen LogP contribution in [-0.4, -0.2) is 60.6 Å². The fourth-order valence-electron chi connectivity index (χ4n) is 3.40. The molecule has 0 aliphatic carbocycles. The summed E-state index contributed by atoms with van der Waals surface area (Å²) in [7, 11) is 0. The molecule has 1 aromatic rings. The van der Waals surface area contributed by atoms with Crippen LogP contribution in [0.15, 0.2) is 24.3 Å². The van der Waals surface area contributed by atoms with Crippen LogP contribution >= 0.6 is 0 Å². The molecule has 2 aliphatic heterocycles. The summed E-state index contributed by atoms with van der Waals surface area (Å²) in [5, 5.41) is 11.9. The van der Waals surface area contributed by atoms with Crippen molar-refractivity contribution in [2.45, 2.75) is 25.2 Å². The minimum absolute atomic E-state index is 0.159. The van der Waals surface area contributed by atoms with Gasteiger partial charge in [-0.05, 0) is 25.0 Å². The van der Waals surface area contributed by atoms with E-state index in [9.17, 15) is 22.8 Å². The van der Waals surface area contributed by atoms with Crippen molar-refractivity contribution < 1.29 is 32.6 Å². The topological polar surface area (TPSA) is 82.1 Å². The highest BCUT2D eigenvalue weighted by molar-refractivity contribution is 5.77. The van der Waals surface area contributed by atoms with E-state index in [2.05, 4.69) is 10.1 Å². The molecule has 2 fully saturated rings. The van der Waals surface area contributed by atoms with Crippen molar-refractivity contribution in [3.05, 3.63) is 24.3 Å². The molecule has 2 heterocycles. The van der Waals surface area contributed by atoms with Gasteiger partial charge in [-0.2, -0.15) is 0 Å². The molecule has 0 aromatic heterocycles. The number of amides is 2. The number of nitrogens with one attached hydrogen (secondary N) is 1. The zero-order valence-corrected chi connectivity index (χ0v) is 14.4. The second kappa shape index (κ2) is 7.53. The van der Waals surface area contributed by atoms with Gasteiger partial charge in [-0.3, -0.25) is 4.79 Å². The SMILES string of the molecule is O=C(O)C1CCN(C(=O)NC2CCN(c3cccc(OC(F)(F)F)c3)C2)C1. The molecule has 0 bridgehead atoms. The first-order valence-electron chi connectivity index (χ1n) is 8.60. The molecule has 0 spiro atoms. The number of rotatable bonds is 4. The van der Waals surface area contributed by atoms with E-state index in [1.807, 2.05) is 4.90 Å². The number of likely N-dealkylation sites (tertiary alicyclic amines) is 1. The first-order valence-corrected chi connectivity index (χ1v) is 8.60. The molecule has 27 heavy (non-hydrogen) atoms. The van der Waals surface area contributed by atoms with Crippen molar-refractivity contribution in [2.24, 2.45) is 5.92 Å². The lowest BCUT2D eigenvalue weighted by Gasteiger charge is -2.22. The third kappa shape index (κ3) is 4.95. The van der Waals surface area contributed by atoms with E-state index in [1.165, 1.54) is 23.1 Å². The van der Waals surface area contributed by atoms with Gasteiger partial charge in [-0.25, -0.2) is 4.79 Å². The van der Waals surface area contributed by atoms with Crippen LogP contribution in [0.5, 0.6) is 5.75 Å². The number of benzene rings is 1. The molecule has 0 radical (unpaired) electrons. The third-order valence-corrected chi connectivity index (χ3v) is 4.76. The van der Waals surface area contributed by atoms with Crippen LogP contribution in [0.25, 0.3) is 0 Å². The van der Waals surface area contributed by atoms with Crippen LogP contribution in [-0.2, 0) is 4.79 Å². The molecule has 3 rings (SSSR count). The van der Waals surface area contributed by atoms with Crippen LogP contribution < -0.4 is 15.0 Å². The number of hydrogen-bond donors (Lipinski definition) is 2. The summed E-state index contributed by atoms with van der Waals surface area (Å²) in [6.45, 7) is 1.63. The molecule has 148 valence electrons. The number of urea groups is 1. The number of hydrogen-bond acceptors (Lipinski definition) is 4. The van der Waals surface area contributed by atoms with Gasteiger partial charge < -0.3 is 25.0 Å². The van der Waals surface area contributed by atoms with E-state index in [1.54, 1.807) is 6.07 Å². The van der Waals surface area contributed by atoms with E-state index < -0.39 is 18.2 Å². The van der Waals surface area contributed by atoms with E-state index in [0.29, 0.717) is 38.2 Å². The molecule has 2 aliphatic rings. The van der Waals surface area contributed by atoms with Crippen molar-refractivity contribution in [2.75, 3.05) is 31.1 Å². The Morgan fingerprint density at radius 3 is 2.63 bits per heavy atom.